The lowest BCUT2D eigenvalue weighted by Gasteiger charge is -2.39. The first-order valence-electron chi connectivity index (χ1n) is 8.97. The van der Waals surface area contributed by atoms with Crippen molar-refractivity contribution in [2.75, 3.05) is 36.4 Å². The Balaban J connectivity index is 1.62. The number of benzene rings is 2. The van der Waals surface area contributed by atoms with Crippen molar-refractivity contribution >= 4 is 28.9 Å². The number of aryl methyl sites for hydroxylation is 1. The fourth-order valence-electron chi connectivity index (χ4n) is 3.30. The van der Waals surface area contributed by atoms with Gasteiger partial charge in [0, 0.05) is 36.9 Å². The second kappa shape index (κ2) is 8.41. The van der Waals surface area contributed by atoms with Crippen LogP contribution in [0.3, 0.4) is 0 Å². The van der Waals surface area contributed by atoms with Crippen molar-refractivity contribution in [2.24, 2.45) is 0 Å². The van der Waals surface area contributed by atoms with Crippen LogP contribution in [0.2, 0.25) is 5.02 Å². The summed E-state index contributed by atoms with van der Waals surface area (Å²) >= 11 is 6.10. The van der Waals surface area contributed by atoms with Gasteiger partial charge in [0.05, 0.1) is 11.7 Å². The van der Waals surface area contributed by atoms with Crippen LogP contribution in [0.25, 0.3) is 0 Å². The first-order chi connectivity index (χ1) is 13.3. The SMILES string of the molecule is Cc1ccc(Cl)cc1N1CCN([C@@H](C)C(=O)Nc2ccc(F)c(F)c2F)CC1. The highest BCUT2D eigenvalue weighted by Crippen LogP contribution is 2.26. The van der Waals surface area contributed by atoms with Gasteiger partial charge in [-0.15, -0.1) is 0 Å². The molecule has 0 aromatic heterocycles. The third-order valence-corrected chi connectivity index (χ3v) is 5.28. The highest BCUT2D eigenvalue weighted by molar-refractivity contribution is 6.30. The summed E-state index contributed by atoms with van der Waals surface area (Å²) in [5, 5.41) is 3.01. The maximum atomic E-state index is 13.8. The highest BCUT2D eigenvalue weighted by Gasteiger charge is 2.27. The van der Waals surface area contributed by atoms with Crippen molar-refractivity contribution in [3.63, 3.8) is 0 Å². The van der Waals surface area contributed by atoms with Gasteiger partial charge in [0.2, 0.25) is 5.91 Å². The number of hydrogen-bond donors (Lipinski definition) is 1. The van der Waals surface area contributed by atoms with E-state index in [2.05, 4.69) is 10.2 Å². The monoisotopic (exact) mass is 411 g/mol. The number of carbonyl (C=O) groups is 1. The van der Waals surface area contributed by atoms with E-state index in [1.807, 2.05) is 30.0 Å². The minimum absolute atomic E-state index is 0.371. The Morgan fingerprint density at radius 3 is 2.43 bits per heavy atom. The van der Waals surface area contributed by atoms with E-state index in [1.165, 1.54) is 0 Å². The van der Waals surface area contributed by atoms with Crippen LogP contribution < -0.4 is 10.2 Å². The van der Waals surface area contributed by atoms with Gasteiger partial charge in [-0.2, -0.15) is 0 Å². The van der Waals surface area contributed by atoms with Gasteiger partial charge in [-0.05, 0) is 43.7 Å². The first-order valence-corrected chi connectivity index (χ1v) is 9.35. The fraction of sp³-hybridized carbons (Fsp3) is 0.350. The molecule has 1 fully saturated rings. The summed E-state index contributed by atoms with van der Waals surface area (Å²) in [5.41, 5.74) is 1.81. The highest BCUT2D eigenvalue weighted by atomic mass is 35.5. The normalized spacial score (nSPS) is 16.1. The molecule has 0 aliphatic carbocycles. The number of nitrogens with zero attached hydrogens (tertiary/aromatic N) is 2. The van der Waals surface area contributed by atoms with Crippen LogP contribution in [-0.4, -0.2) is 43.0 Å². The first kappa shape index (κ1) is 20.5. The van der Waals surface area contributed by atoms with Crippen molar-refractivity contribution < 1.29 is 18.0 Å². The quantitative estimate of drug-likeness (QED) is 0.765. The van der Waals surface area contributed by atoms with Gasteiger partial charge in [-0.25, -0.2) is 13.2 Å². The molecule has 8 heteroatoms. The summed E-state index contributed by atoms with van der Waals surface area (Å²) in [5.74, 6) is -4.77. The number of hydrogen-bond acceptors (Lipinski definition) is 3. The fourth-order valence-corrected chi connectivity index (χ4v) is 3.47. The molecule has 1 heterocycles. The van der Waals surface area contributed by atoms with E-state index in [9.17, 15) is 18.0 Å². The number of halogens is 4. The van der Waals surface area contributed by atoms with E-state index in [0.717, 1.165) is 23.4 Å². The third kappa shape index (κ3) is 4.25. The molecule has 2 aromatic rings. The van der Waals surface area contributed by atoms with Gasteiger partial charge in [0.1, 0.15) is 0 Å². The Kier molecular flexibility index (Phi) is 6.15. The van der Waals surface area contributed by atoms with E-state index >= 15 is 0 Å². The molecule has 0 spiro atoms. The summed E-state index contributed by atoms with van der Waals surface area (Å²) < 4.78 is 40.1. The number of nitrogens with one attached hydrogen (secondary N) is 1. The van der Waals surface area contributed by atoms with E-state index in [-0.39, 0.29) is 5.69 Å². The average molecular weight is 412 g/mol. The summed E-state index contributed by atoms with van der Waals surface area (Å²) in [4.78, 5) is 16.6. The van der Waals surface area contributed by atoms with E-state index in [1.54, 1.807) is 6.92 Å². The van der Waals surface area contributed by atoms with Crippen LogP contribution in [0, 0.1) is 24.4 Å². The van der Waals surface area contributed by atoms with Crippen LogP contribution >= 0.6 is 11.6 Å². The van der Waals surface area contributed by atoms with E-state index in [4.69, 9.17) is 11.6 Å². The number of amides is 1. The summed E-state index contributed by atoms with van der Waals surface area (Å²) in [7, 11) is 0. The minimum atomic E-state index is -1.60. The van der Waals surface area contributed by atoms with E-state index < -0.39 is 29.4 Å². The molecular formula is C20H21ClF3N3O. The van der Waals surface area contributed by atoms with Gasteiger partial charge >= 0.3 is 0 Å². The third-order valence-electron chi connectivity index (χ3n) is 5.05. The van der Waals surface area contributed by atoms with Crippen molar-refractivity contribution in [1.82, 2.24) is 4.90 Å². The molecule has 4 nitrogen and oxygen atoms in total. The molecule has 1 saturated heterocycles. The molecular weight excluding hydrogens is 391 g/mol. The predicted octanol–water partition coefficient (Wildman–Crippen LogP) is 4.21. The van der Waals surface area contributed by atoms with Crippen molar-refractivity contribution in [3.8, 4) is 0 Å². The average Bonchev–Trinajstić information content (AvgIpc) is 2.69. The molecule has 0 radical (unpaired) electrons. The van der Waals surface area contributed by atoms with Crippen LogP contribution in [0.1, 0.15) is 12.5 Å². The molecule has 0 saturated carbocycles. The number of anilines is 2. The van der Waals surface area contributed by atoms with Gasteiger partial charge < -0.3 is 10.2 Å². The van der Waals surface area contributed by atoms with Gasteiger partial charge in [-0.1, -0.05) is 17.7 Å². The van der Waals surface area contributed by atoms with Crippen LogP contribution in [0.4, 0.5) is 24.5 Å². The molecule has 1 atom stereocenters. The summed E-state index contributed by atoms with van der Waals surface area (Å²) in [6.07, 6.45) is 0. The van der Waals surface area contributed by atoms with E-state index in [0.29, 0.717) is 31.2 Å². The molecule has 1 N–H and O–H groups in total. The Hall–Kier alpha value is -2.25. The molecule has 1 aliphatic rings. The molecule has 0 bridgehead atoms. The molecule has 1 aliphatic heterocycles. The molecule has 150 valence electrons. The second-order valence-electron chi connectivity index (χ2n) is 6.84. The molecule has 28 heavy (non-hydrogen) atoms. The number of piperazine rings is 1. The lowest BCUT2D eigenvalue weighted by molar-refractivity contribution is -0.120. The Morgan fingerprint density at radius 1 is 1.07 bits per heavy atom. The maximum Gasteiger partial charge on any atom is 0.241 e. The summed E-state index contributed by atoms with van der Waals surface area (Å²) in [6.45, 7) is 6.39. The number of rotatable bonds is 4. The Labute approximate surface area is 166 Å². The van der Waals surface area contributed by atoms with Gasteiger partial charge in [0.15, 0.2) is 17.5 Å². The largest absolute Gasteiger partial charge is 0.369 e. The predicted molar refractivity (Wildman–Crippen MR) is 104 cm³/mol. The van der Waals surface area contributed by atoms with Crippen molar-refractivity contribution in [2.45, 2.75) is 19.9 Å². The molecule has 2 aromatic carbocycles. The summed E-state index contributed by atoms with van der Waals surface area (Å²) in [6, 6.07) is 6.99. The topological polar surface area (TPSA) is 35.6 Å². The maximum absolute atomic E-state index is 13.8. The zero-order chi connectivity index (χ0) is 20.4. The zero-order valence-corrected chi connectivity index (χ0v) is 16.4. The molecule has 0 unspecified atom stereocenters. The van der Waals surface area contributed by atoms with Crippen LogP contribution in [0.5, 0.6) is 0 Å². The Bertz CT molecular complexity index is 885. The standard InChI is InChI=1S/C20H21ClF3N3O/c1-12-3-4-14(21)11-17(12)27-9-7-26(8-10-27)13(2)20(28)25-16-6-5-15(22)18(23)19(16)24/h3-6,11,13H,7-10H2,1-2H3,(H,25,28)/t13-/m0/s1. The van der Waals surface area contributed by atoms with Crippen molar-refractivity contribution in [3.05, 3.63) is 58.4 Å². The van der Waals surface area contributed by atoms with Gasteiger partial charge in [-0.3, -0.25) is 9.69 Å². The smallest absolute Gasteiger partial charge is 0.241 e. The zero-order valence-electron chi connectivity index (χ0n) is 15.6. The number of carbonyl (C=O) groups excluding carboxylic acids is 1. The van der Waals surface area contributed by atoms with Gasteiger partial charge in [0.25, 0.3) is 0 Å². The van der Waals surface area contributed by atoms with Crippen molar-refractivity contribution in [1.29, 1.82) is 0 Å². The minimum Gasteiger partial charge on any atom is -0.369 e. The van der Waals surface area contributed by atoms with Crippen LogP contribution in [0.15, 0.2) is 30.3 Å². The lowest BCUT2D eigenvalue weighted by Crippen LogP contribution is -2.53. The second-order valence-corrected chi connectivity index (χ2v) is 7.28. The molecule has 3 rings (SSSR count). The Morgan fingerprint density at radius 2 is 1.75 bits per heavy atom. The lowest BCUT2D eigenvalue weighted by atomic mass is 10.1. The van der Waals surface area contributed by atoms with Crippen LogP contribution in [-0.2, 0) is 4.79 Å². The molecule has 1 amide bonds.